The number of Topliss-reactive ketones (excluding diaryl/α,β-unsaturated/α-hetero) is 1. The predicted molar refractivity (Wildman–Crippen MR) is 71.0 cm³/mol. The fourth-order valence-electron chi connectivity index (χ4n) is 2.39. The standard InChI is InChI=1S/C14H20N2O2/c1-3-18-13-5-4-8-15-14(13)16-9-6-12(7-10-16)11(2)17/h4-5,8,12H,3,6-7,9-10H2,1-2H3. The molecular formula is C14H20N2O2. The Bertz CT molecular complexity index is 412. The van der Waals surface area contributed by atoms with Gasteiger partial charge >= 0.3 is 0 Å². The molecule has 1 saturated heterocycles. The second kappa shape index (κ2) is 5.85. The van der Waals surface area contributed by atoms with Gasteiger partial charge in [0, 0.05) is 25.2 Å². The fourth-order valence-corrected chi connectivity index (χ4v) is 2.39. The first-order valence-corrected chi connectivity index (χ1v) is 6.55. The quantitative estimate of drug-likeness (QED) is 0.820. The molecule has 0 radical (unpaired) electrons. The molecule has 0 unspecified atom stereocenters. The zero-order chi connectivity index (χ0) is 13.0. The molecule has 0 N–H and O–H groups in total. The number of ketones is 1. The molecule has 0 aliphatic carbocycles. The summed E-state index contributed by atoms with van der Waals surface area (Å²) in [4.78, 5) is 18.0. The van der Waals surface area contributed by atoms with Crippen molar-refractivity contribution in [3.05, 3.63) is 18.3 Å². The summed E-state index contributed by atoms with van der Waals surface area (Å²) in [6, 6.07) is 3.83. The predicted octanol–water partition coefficient (Wildman–Crippen LogP) is 2.29. The molecule has 1 aromatic heterocycles. The highest BCUT2D eigenvalue weighted by Gasteiger charge is 2.24. The van der Waals surface area contributed by atoms with E-state index in [1.54, 1.807) is 13.1 Å². The lowest BCUT2D eigenvalue weighted by atomic mass is 9.93. The maximum atomic E-state index is 11.4. The van der Waals surface area contributed by atoms with Crippen molar-refractivity contribution in [3.8, 4) is 5.75 Å². The third-order valence-electron chi connectivity index (χ3n) is 3.42. The summed E-state index contributed by atoms with van der Waals surface area (Å²) < 4.78 is 5.59. The number of carbonyl (C=O) groups is 1. The summed E-state index contributed by atoms with van der Waals surface area (Å²) in [5.74, 6) is 2.27. The molecular weight excluding hydrogens is 228 g/mol. The van der Waals surface area contributed by atoms with Crippen molar-refractivity contribution in [2.24, 2.45) is 5.92 Å². The van der Waals surface area contributed by atoms with Gasteiger partial charge < -0.3 is 9.64 Å². The lowest BCUT2D eigenvalue weighted by Crippen LogP contribution is -2.36. The van der Waals surface area contributed by atoms with Crippen LogP contribution < -0.4 is 9.64 Å². The van der Waals surface area contributed by atoms with E-state index in [9.17, 15) is 4.79 Å². The molecule has 18 heavy (non-hydrogen) atoms. The summed E-state index contributed by atoms with van der Waals surface area (Å²) in [6.45, 7) is 6.05. The second-order valence-electron chi connectivity index (χ2n) is 4.63. The number of piperidine rings is 1. The molecule has 98 valence electrons. The largest absolute Gasteiger partial charge is 0.490 e. The van der Waals surface area contributed by atoms with E-state index < -0.39 is 0 Å². The van der Waals surface area contributed by atoms with Gasteiger partial charge in [0.1, 0.15) is 5.78 Å². The van der Waals surface area contributed by atoms with Crippen LogP contribution in [0.3, 0.4) is 0 Å². The highest BCUT2D eigenvalue weighted by molar-refractivity contribution is 5.78. The van der Waals surface area contributed by atoms with Crippen LogP contribution in [0.2, 0.25) is 0 Å². The number of hydrogen-bond donors (Lipinski definition) is 0. The summed E-state index contributed by atoms with van der Waals surface area (Å²) in [6.07, 6.45) is 3.61. The van der Waals surface area contributed by atoms with E-state index in [-0.39, 0.29) is 5.92 Å². The molecule has 1 aromatic rings. The first kappa shape index (κ1) is 12.9. The van der Waals surface area contributed by atoms with Crippen LogP contribution in [0.25, 0.3) is 0 Å². The molecule has 1 aliphatic heterocycles. The van der Waals surface area contributed by atoms with Gasteiger partial charge in [-0.2, -0.15) is 0 Å². The van der Waals surface area contributed by atoms with E-state index in [2.05, 4.69) is 9.88 Å². The van der Waals surface area contributed by atoms with Crippen LogP contribution in [0.1, 0.15) is 26.7 Å². The van der Waals surface area contributed by atoms with Crippen LogP contribution in [0.4, 0.5) is 5.82 Å². The van der Waals surface area contributed by atoms with Gasteiger partial charge in [0.2, 0.25) is 0 Å². The highest BCUT2D eigenvalue weighted by atomic mass is 16.5. The van der Waals surface area contributed by atoms with E-state index in [1.165, 1.54) is 0 Å². The van der Waals surface area contributed by atoms with Gasteiger partial charge in [-0.25, -0.2) is 4.98 Å². The Balaban J connectivity index is 2.07. The van der Waals surface area contributed by atoms with Gasteiger partial charge in [-0.3, -0.25) is 4.79 Å². The van der Waals surface area contributed by atoms with Gasteiger partial charge in [-0.15, -0.1) is 0 Å². The Morgan fingerprint density at radius 1 is 1.50 bits per heavy atom. The molecule has 2 heterocycles. The third kappa shape index (κ3) is 2.81. The smallest absolute Gasteiger partial charge is 0.171 e. The number of pyridine rings is 1. The monoisotopic (exact) mass is 248 g/mol. The summed E-state index contributed by atoms with van der Waals surface area (Å²) in [5, 5.41) is 0. The van der Waals surface area contributed by atoms with Crippen molar-refractivity contribution in [2.75, 3.05) is 24.6 Å². The first-order chi connectivity index (χ1) is 8.72. The Kier molecular flexibility index (Phi) is 4.18. The van der Waals surface area contributed by atoms with E-state index in [0.29, 0.717) is 12.4 Å². The second-order valence-corrected chi connectivity index (χ2v) is 4.63. The normalized spacial score (nSPS) is 16.7. The van der Waals surface area contributed by atoms with E-state index >= 15 is 0 Å². The molecule has 4 nitrogen and oxygen atoms in total. The average molecular weight is 248 g/mol. The van der Waals surface area contributed by atoms with Crippen LogP contribution >= 0.6 is 0 Å². The Morgan fingerprint density at radius 3 is 2.83 bits per heavy atom. The molecule has 2 rings (SSSR count). The summed E-state index contributed by atoms with van der Waals surface area (Å²) >= 11 is 0. The number of aromatic nitrogens is 1. The van der Waals surface area contributed by atoms with Crippen molar-refractivity contribution < 1.29 is 9.53 Å². The van der Waals surface area contributed by atoms with Crippen LogP contribution in [0.5, 0.6) is 5.75 Å². The van der Waals surface area contributed by atoms with Crippen LogP contribution in [-0.4, -0.2) is 30.5 Å². The van der Waals surface area contributed by atoms with Crippen molar-refractivity contribution in [1.29, 1.82) is 0 Å². The van der Waals surface area contributed by atoms with E-state index in [0.717, 1.165) is 37.5 Å². The van der Waals surface area contributed by atoms with Gasteiger partial charge in [-0.1, -0.05) is 0 Å². The molecule has 0 saturated carbocycles. The molecule has 0 aromatic carbocycles. The van der Waals surface area contributed by atoms with Gasteiger partial charge in [0.25, 0.3) is 0 Å². The molecule has 4 heteroatoms. The number of hydrogen-bond acceptors (Lipinski definition) is 4. The number of rotatable bonds is 4. The minimum absolute atomic E-state index is 0.223. The maximum absolute atomic E-state index is 11.4. The van der Waals surface area contributed by atoms with Crippen LogP contribution in [0.15, 0.2) is 18.3 Å². The number of anilines is 1. The van der Waals surface area contributed by atoms with E-state index in [1.807, 2.05) is 19.1 Å². The van der Waals surface area contributed by atoms with Crippen LogP contribution in [-0.2, 0) is 4.79 Å². The van der Waals surface area contributed by atoms with E-state index in [4.69, 9.17) is 4.74 Å². The number of nitrogens with zero attached hydrogens (tertiary/aromatic N) is 2. The van der Waals surface area contributed by atoms with Crippen molar-refractivity contribution in [2.45, 2.75) is 26.7 Å². The molecule has 0 amide bonds. The lowest BCUT2D eigenvalue weighted by molar-refractivity contribution is -0.121. The Labute approximate surface area is 108 Å². The van der Waals surface area contributed by atoms with Crippen molar-refractivity contribution in [3.63, 3.8) is 0 Å². The van der Waals surface area contributed by atoms with Gasteiger partial charge in [-0.05, 0) is 38.8 Å². The molecule has 0 bridgehead atoms. The molecule has 0 atom stereocenters. The van der Waals surface area contributed by atoms with Crippen LogP contribution in [0, 0.1) is 5.92 Å². The minimum atomic E-state index is 0.223. The van der Waals surface area contributed by atoms with Crippen molar-refractivity contribution in [1.82, 2.24) is 4.98 Å². The summed E-state index contributed by atoms with van der Waals surface area (Å²) in [5.41, 5.74) is 0. The SMILES string of the molecule is CCOc1cccnc1N1CCC(C(C)=O)CC1. The fraction of sp³-hybridized carbons (Fsp3) is 0.571. The summed E-state index contributed by atoms with van der Waals surface area (Å²) in [7, 11) is 0. The zero-order valence-corrected chi connectivity index (χ0v) is 11.1. The minimum Gasteiger partial charge on any atom is -0.490 e. The molecule has 1 aliphatic rings. The Hall–Kier alpha value is -1.58. The average Bonchev–Trinajstić information content (AvgIpc) is 2.40. The molecule has 1 fully saturated rings. The van der Waals surface area contributed by atoms with Crippen molar-refractivity contribution >= 4 is 11.6 Å². The zero-order valence-electron chi connectivity index (χ0n) is 11.1. The van der Waals surface area contributed by atoms with Gasteiger partial charge in [0.15, 0.2) is 11.6 Å². The molecule has 0 spiro atoms. The van der Waals surface area contributed by atoms with Gasteiger partial charge in [0.05, 0.1) is 6.61 Å². The lowest BCUT2D eigenvalue weighted by Gasteiger charge is -2.32. The first-order valence-electron chi connectivity index (χ1n) is 6.55. The topological polar surface area (TPSA) is 42.4 Å². The third-order valence-corrected chi connectivity index (χ3v) is 3.42. The maximum Gasteiger partial charge on any atom is 0.171 e. The number of ether oxygens (including phenoxy) is 1. The highest BCUT2D eigenvalue weighted by Crippen LogP contribution is 2.29. The Morgan fingerprint density at radius 2 is 2.22 bits per heavy atom. The number of carbonyl (C=O) groups excluding carboxylic acids is 1.